The number of carbonyl (C=O) groups is 2. The lowest BCUT2D eigenvalue weighted by Crippen LogP contribution is -2.32. The summed E-state index contributed by atoms with van der Waals surface area (Å²) in [6, 6.07) is 0. The van der Waals surface area contributed by atoms with Gasteiger partial charge in [-0.25, -0.2) is 0 Å². The molecule has 0 aromatic heterocycles. The van der Waals surface area contributed by atoms with Crippen molar-refractivity contribution in [3.05, 3.63) is 24.8 Å². The maximum absolute atomic E-state index is 12.5. The molecule has 1 saturated carbocycles. The molecule has 0 unspecified atom stereocenters. The third-order valence-electron chi connectivity index (χ3n) is 5.03. The fraction of sp³-hybridized carbons (Fsp3) is 0.700. The van der Waals surface area contributed by atoms with Crippen LogP contribution < -0.4 is 0 Å². The molecule has 0 aliphatic heterocycles. The summed E-state index contributed by atoms with van der Waals surface area (Å²) in [6.45, 7) is 15.5. The number of esters is 1. The number of methoxy groups -OCH3 is 1. The van der Waals surface area contributed by atoms with Crippen molar-refractivity contribution >= 4 is 11.8 Å². The van der Waals surface area contributed by atoms with Crippen LogP contribution in [-0.4, -0.2) is 31.6 Å². The van der Waals surface area contributed by atoms with Gasteiger partial charge < -0.3 is 9.47 Å². The summed E-state index contributed by atoms with van der Waals surface area (Å²) < 4.78 is 10.8. The zero-order valence-electron chi connectivity index (χ0n) is 15.8. The van der Waals surface area contributed by atoms with E-state index in [0.717, 1.165) is 12.0 Å². The number of rotatable bonds is 8. The molecule has 4 heteroatoms. The highest BCUT2D eigenvalue weighted by molar-refractivity contribution is 5.88. The van der Waals surface area contributed by atoms with Crippen molar-refractivity contribution in [1.29, 1.82) is 0 Å². The molecule has 0 amide bonds. The highest BCUT2D eigenvalue weighted by atomic mass is 16.5. The van der Waals surface area contributed by atoms with Gasteiger partial charge in [0.25, 0.3) is 0 Å². The highest BCUT2D eigenvalue weighted by Gasteiger charge is 2.50. The van der Waals surface area contributed by atoms with Crippen LogP contribution >= 0.6 is 0 Å². The fourth-order valence-electron chi connectivity index (χ4n) is 3.23. The minimum absolute atomic E-state index is 0.0486. The fourth-order valence-corrected chi connectivity index (χ4v) is 3.23. The minimum Gasteiger partial charge on any atom is -0.461 e. The normalized spacial score (nSPS) is 27.1. The van der Waals surface area contributed by atoms with Crippen molar-refractivity contribution in [2.45, 2.75) is 59.5 Å². The second-order valence-corrected chi connectivity index (χ2v) is 8.03. The van der Waals surface area contributed by atoms with Gasteiger partial charge >= 0.3 is 5.97 Å². The average molecular weight is 336 g/mol. The van der Waals surface area contributed by atoms with Crippen molar-refractivity contribution < 1.29 is 19.1 Å². The quantitative estimate of drug-likeness (QED) is 0.495. The number of Topliss-reactive ketones (excluding diaryl/α,β-unsaturated/α-hetero) is 1. The van der Waals surface area contributed by atoms with Gasteiger partial charge in [0.05, 0.1) is 11.5 Å². The lowest BCUT2D eigenvalue weighted by atomic mass is 9.73. The monoisotopic (exact) mass is 336 g/mol. The van der Waals surface area contributed by atoms with E-state index in [1.165, 1.54) is 0 Å². The van der Waals surface area contributed by atoms with E-state index in [1.807, 2.05) is 33.8 Å². The van der Waals surface area contributed by atoms with Crippen LogP contribution in [0.5, 0.6) is 0 Å². The van der Waals surface area contributed by atoms with Crippen molar-refractivity contribution in [2.24, 2.45) is 16.7 Å². The van der Waals surface area contributed by atoms with E-state index in [9.17, 15) is 9.59 Å². The van der Waals surface area contributed by atoms with Crippen LogP contribution in [-0.2, 0) is 19.1 Å². The predicted octanol–water partition coefficient (Wildman–Crippen LogP) is 4.10. The number of hydrogen-bond donors (Lipinski definition) is 0. The summed E-state index contributed by atoms with van der Waals surface area (Å²) in [7, 11) is 1.66. The first-order valence-corrected chi connectivity index (χ1v) is 8.57. The average Bonchev–Trinajstić information content (AvgIpc) is 2.74. The summed E-state index contributed by atoms with van der Waals surface area (Å²) in [5.74, 6) is 0.133. The van der Waals surface area contributed by atoms with E-state index in [1.54, 1.807) is 7.11 Å². The van der Waals surface area contributed by atoms with E-state index in [4.69, 9.17) is 9.47 Å². The van der Waals surface area contributed by atoms with Crippen LogP contribution in [0, 0.1) is 16.7 Å². The first-order chi connectivity index (χ1) is 11.1. The van der Waals surface area contributed by atoms with E-state index in [2.05, 4.69) is 13.2 Å². The Labute approximate surface area is 146 Å². The zero-order chi connectivity index (χ0) is 18.5. The minimum atomic E-state index is -0.519. The molecule has 0 bridgehead atoms. The van der Waals surface area contributed by atoms with Crippen LogP contribution in [0.2, 0.25) is 0 Å². The SMILES string of the molecule is C=CC[C@@H]1[C@@H](OC)CC(=O)[C@@]1(C)CCC(=C)COC(=O)C(C)(C)C. The van der Waals surface area contributed by atoms with Crippen LogP contribution in [0.25, 0.3) is 0 Å². The largest absolute Gasteiger partial charge is 0.461 e. The Kier molecular flexibility index (Phi) is 6.97. The molecular formula is C20H32O4. The third kappa shape index (κ3) is 4.79. The molecule has 0 N–H and O–H groups in total. The summed E-state index contributed by atoms with van der Waals surface area (Å²) in [4.78, 5) is 24.3. The van der Waals surface area contributed by atoms with Crippen molar-refractivity contribution in [3.8, 4) is 0 Å². The van der Waals surface area contributed by atoms with Gasteiger partial charge in [-0.15, -0.1) is 6.58 Å². The van der Waals surface area contributed by atoms with Crippen molar-refractivity contribution in [3.63, 3.8) is 0 Å². The third-order valence-corrected chi connectivity index (χ3v) is 5.03. The van der Waals surface area contributed by atoms with E-state index < -0.39 is 10.8 Å². The van der Waals surface area contributed by atoms with Crippen molar-refractivity contribution in [2.75, 3.05) is 13.7 Å². The van der Waals surface area contributed by atoms with Gasteiger partial charge in [-0.05, 0) is 45.6 Å². The van der Waals surface area contributed by atoms with Gasteiger partial charge in [0.15, 0.2) is 0 Å². The molecule has 1 fully saturated rings. The van der Waals surface area contributed by atoms with Gasteiger partial charge in [0, 0.05) is 24.9 Å². The lowest BCUT2D eigenvalue weighted by molar-refractivity contribution is -0.152. The maximum atomic E-state index is 12.5. The molecule has 136 valence electrons. The molecule has 0 spiro atoms. The molecule has 1 aliphatic carbocycles. The Bertz CT molecular complexity index is 500. The van der Waals surface area contributed by atoms with Gasteiger partial charge in [0.2, 0.25) is 0 Å². The lowest BCUT2D eigenvalue weighted by Gasteiger charge is -2.32. The summed E-state index contributed by atoms with van der Waals surface area (Å²) in [5, 5.41) is 0. The zero-order valence-corrected chi connectivity index (χ0v) is 15.8. The Balaban J connectivity index is 2.63. The second kappa shape index (κ2) is 8.11. The number of hydrogen-bond acceptors (Lipinski definition) is 4. The molecule has 0 radical (unpaired) electrons. The number of ether oxygens (including phenoxy) is 2. The molecule has 0 heterocycles. The summed E-state index contributed by atoms with van der Waals surface area (Å²) in [5.41, 5.74) is -0.125. The number of allylic oxidation sites excluding steroid dienone is 1. The van der Waals surface area contributed by atoms with Crippen LogP contribution in [0.3, 0.4) is 0 Å². The second-order valence-electron chi connectivity index (χ2n) is 8.03. The molecule has 3 atom stereocenters. The molecule has 24 heavy (non-hydrogen) atoms. The maximum Gasteiger partial charge on any atom is 0.311 e. The topological polar surface area (TPSA) is 52.6 Å². The van der Waals surface area contributed by atoms with E-state index >= 15 is 0 Å². The van der Waals surface area contributed by atoms with Gasteiger partial charge in [0.1, 0.15) is 12.4 Å². The standard InChI is InChI=1S/C20H32O4/c1-8-9-15-16(23-7)12-17(21)20(15,6)11-10-14(2)13-24-18(22)19(3,4)5/h8,15-16H,1-2,9-13H2,3-7H3/t15-,16+,20+/m1/s1. The number of carbonyl (C=O) groups excluding carboxylic acids is 2. The molecule has 0 aromatic carbocycles. The van der Waals surface area contributed by atoms with Crippen LogP contribution in [0.15, 0.2) is 24.8 Å². The molecule has 1 aliphatic rings. The summed E-state index contributed by atoms with van der Waals surface area (Å²) >= 11 is 0. The first kappa shape index (κ1) is 20.6. The highest BCUT2D eigenvalue weighted by Crippen LogP contribution is 2.47. The molecule has 0 saturated heterocycles. The van der Waals surface area contributed by atoms with Crippen LogP contribution in [0.4, 0.5) is 0 Å². The summed E-state index contributed by atoms with van der Waals surface area (Å²) in [6.07, 6.45) is 4.36. The molecular weight excluding hydrogens is 304 g/mol. The Morgan fingerprint density at radius 1 is 1.42 bits per heavy atom. The predicted molar refractivity (Wildman–Crippen MR) is 95.6 cm³/mol. The molecule has 4 nitrogen and oxygen atoms in total. The smallest absolute Gasteiger partial charge is 0.311 e. The number of ketones is 1. The van der Waals surface area contributed by atoms with Gasteiger partial charge in [-0.2, -0.15) is 0 Å². The van der Waals surface area contributed by atoms with E-state index in [-0.39, 0.29) is 30.4 Å². The van der Waals surface area contributed by atoms with Crippen LogP contribution in [0.1, 0.15) is 53.4 Å². The van der Waals surface area contributed by atoms with E-state index in [0.29, 0.717) is 19.3 Å². The Hall–Kier alpha value is -1.42. The Morgan fingerprint density at radius 3 is 2.54 bits per heavy atom. The Morgan fingerprint density at radius 2 is 2.04 bits per heavy atom. The van der Waals surface area contributed by atoms with Crippen molar-refractivity contribution in [1.82, 2.24) is 0 Å². The molecule has 1 rings (SSSR count). The molecule has 0 aromatic rings. The van der Waals surface area contributed by atoms with Gasteiger partial charge in [-0.3, -0.25) is 9.59 Å². The van der Waals surface area contributed by atoms with Gasteiger partial charge in [-0.1, -0.05) is 19.6 Å². The first-order valence-electron chi connectivity index (χ1n) is 8.57.